The lowest BCUT2D eigenvalue weighted by Crippen LogP contribution is -1.85. The van der Waals surface area contributed by atoms with Gasteiger partial charge in [0.1, 0.15) is 6.34 Å². The summed E-state index contributed by atoms with van der Waals surface area (Å²) in [6.45, 7) is 0. The summed E-state index contributed by atoms with van der Waals surface area (Å²) < 4.78 is 0. The molecule has 0 aromatic carbocycles. The van der Waals surface area contributed by atoms with Crippen LogP contribution in [0.15, 0.2) is 28.7 Å². The van der Waals surface area contributed by atoms with Gasteiger partial charge in [0, 0.05) is 18.0 Å². The molecule has 5 heteroatoms. The predicted octanol–water partition coefficient (Wildman–Crippen LogP) is 0.396. The molecule has 0 fully saturated rings. The number of nitrogens with one attached hydrogen (secondary N) is 1. The number of aromatic amines is 1. The molecule has 12 heavy (non-hydrogen) atoms. The van der Waals surface area contributed by atoms with Gasteiger partial charge in [-0.2, -0.15) is 10.2 Å². The van der Waals surface area contributed by atoms with Gasteiger partial charge in [-0.25, -0.2) is 0 Å². The molecule has 0 bridgehead atoms. The largest absolute Gasteiger partial charge is 0.388 e. The van der Waals surface area contributed by atoms with Crippen LogP contribution in [0.3, 0.4) is 0 Å². The zero-order chi connectivity index (χ0) is 8.65. The fourth-order valence-electron chi connectivity index (χ4n) is 0.622. The van der Waals surface area contributed by atoms with E-state index in [0.29, 0.717) is 0 Å². The molecule has 3 N–H and O–H groups in total. The maximum atomic E-state index is 4.96. The van der Waals surface area contributed by atoms with Gasteiger partial charge < -0.3 is 5.73 Å². The Morgan fingerprint density at radius 3 is 3.08 bits per heavy atom. The number of H-pyrrole nitrogens is 1. The van der Waals surface area contributed by atoms with Gasteiger partial charge in [-0.05, 0) is 6.08 Å². The SMILES string of the molecule is N/C=N/N=C/C=C/c1cn[nH]c1. The molecule has 1 aromatic rings. The first-order valence-electron chi connectivity index (χ1n) is 3.35. The molecule has 0 aliphatic carbocycles. The van der Waals surface area contributed by atoms with Crippen LogP contribution in [-0.2, 0) is 0 Å². The zero-order valence-electron chi connectivity index (χ0n) is 6.38. The fraction of sp³-hybridized carbons (Fsp3) is 0. The minimum atomic E-state index is 0.984. The molecule has 5 nitrogen and oxygen atoms in total. The van der Waals surface area contributed by atoms with Gasteiger partial charge in [-0.3, -0.25) is 5.10 Å². The highest BCUT2D eigenvalue weighted by Crippen LogP contribution is 1.94. The molecule has 0 aliphatic heterocycles. The van der Waals surface area contributed by atoms with E-state index in [2.05, 4.69) is 20.4 Å². The first-order chi connectivity index (χ1) is 5.93. The van der Waals surface area contributed by atoms with E-state index in [0.717, 1.165) is 11.9 Å². The van der Waals surface area contributed by atoms with E-state index < -0.39 is 0 Å². The molecule has 0 amide bonds. The van der Waals surface area contributed by atoms with Crippen LogP contribution in [0.25, 0.3) is 6.08 Å². The van der Waals surface area contributed by atoms with Gasteiger partial charge in [0.25, 0.3) is 0 Å². The highest BCUT2D eigenvalue weighted by atomic mass is 15.2. The number of hydrogen-bond donors (Lipinski definition) is 2. The van der Waals surface area contributed by atoms with Crippen molar-refractivity contribution in [3.05, 3.63) is 24.0 Å². The summed E-state index contributed by atoms with van der Waals surface area (Å²) in [5, 5.41) is 13.5. The highest BCUT2D eigenvalue weighted by molar-refractivity contribution is 5.78. The number of nitrogens with zero attached hydrogens (tertiary/aromatic N) is 3. The Kier molecular flexibility index (Phi) is 3.30. The standard InChI is InChI=1S/C7H9N5/c8-6-12-9-3-1-2-7-4-10-11-5-7/h1-6H,(H2,8,12)(H,10,11)/b2-1+,9-3+. The van der Waals surface area contributed by atoms with E-state index >= 15 is 0 Å². The first-order valence-corrected chi connectivity index (χ1v) is 3.35. The number of allylic oxidation sites excluding steroid dienone is 1. The summed E-state index contributed by atoms with van der Waals surface area (Å²) >= 11 is 0. The zero-order valence-corrected chi connectivity index (χ0v) is 6.38. The van der Waals surface area contributed by atoms with Crippen LogP contribution in [0.4, 0.5) is 0 Å². The normalized spacial score (nSPS) is 12.3. The van der Waals surface area contributed by atoms with E-state index in [1.54, 1.807) is 18.5 Å². The summed E-state index contributed by atoms with van der Waals surface area (Å²) in [5.41, 5.74) is 5.95. The van der Waals surface area contributed by atoms with Gasteiger partial charge in [-0.15, -0.1) is 5.10 Å². The van der Waals surface area contributed by atoms with E-state index in [1.807, 2.05) is 6.08 Å². The first kappa shape index (κ1) is 8.19. The molecule has 0 saturated heterocycles. The number of nitrogens with two attached hydrogens (primary N) is 1. The van der Waals surface area contributed by atoms with Crippen LogP contribution in [0.1, 0.15) is 5.56 Å². The molecule has 1 rings (SSSR count). The van der Waals surface area contributed by atoms with Crippen molar-refractivity contribution in [1.29, 1.82) is 0 Å². The molecule has 0 radical (unpaired) electrons. The molecule has 1 aromatic heterocycles. The van der Waals surface area contributed by atoms with Crippen molar-refractivity contribution in [2.24, 2.45) is 15.9 Å². The minimum Gasteiger partial charge on any atom is -0.388 e. The van der Waals surface area contributed by atoms with Gasteiger partial charge in [-0.1, -0.05) is 6.08 Å². The van der Waals surface area contributed by atoms with Crippen molar-refractivity contribution in [3.8, 4) is 0 Å². The van der Waals surface area contributed by atoms with E-state index in [-0.39, 0.29) is 0 Å². The quantitative estimate of drug-likeness (QED) is 0.384. The molecule has 0 spiro atoms. The van der Waals surface area contributed by atoms with Gasteiger partial charge >= 0.3 is 0 Å². The summed E-state index contributed by atoms with van der Waals surface area (Å²) in [7, 11) is 0. The highest BCUT2D eigenvalue weighted by Gasteiger charge is 1.81. The molecule has 62 valence electrons. The van der Waals surface area contributed by atoms with Crippen molar-refractivity contribution in [2.75, 3.05) is 0 Å². The van der Waals surface area contributed by atoms with Crippen LogP contribution < -0.4 is 5.73 Å². The average Bonchev–Trinajstić information content (AvgIpc) is 2.57. The Balaban J connectivity index is 2.41. The minimum absolute atomic E-state index is 0.984. The maximum Gasteiger partial charge on any atom is 0.108 e. The van der Waals surface area contributed by atoms with Crippen LogP contribution in [0, 0.1) is 0 Å². The molecule has 0 unspecified atom stereocenters. The smallest absolute Gasteiger partial charge is 0.108 e. The Morgan fingerprint density at radius 1 is 1.50 bits per heavy atom. The van der Waals surface area contributed by atoms with Crippen molar-refractivity contribution in [2.45, 2.75) is 0 Å². The van der Waals surface area contributed by atoms with Crippen LogP contribution in [-0.4, -0.2) is 22.8 Å². The third-order valence-electron chi connectivity index (χ3n) is 1.09. The van der Waals surface area contributed by atoms with Crippen LogP contribution in [0.2, 0.25) is 0 Å². The van der Waals surface area contributed by atoms with Gasteiger partial charge in [0.2, 0.25) is 0 Å². The van der Waals surface area contributed by atoms with Crippen molar-refractivity contribution in [1.82, 2.24) is 10.2 Å². The lowest BCUT2D eigenvalue weighted by Gasteiger charge is -1.76. The Morgan fingerprint density at radius 2 is 2.42 bits per heavy atom. The summed E-state index contributed by atoms with van der Waals surface area (Å²) in [5.74, 6) is 0. The van der Waals surface area contributed by atoms with Gasteiger partial charge in [0.05, 0.1) is 6.20 Å². The number of aromatic nitrogens is 2. The Hall–Kier alpha value is -1.91. The number of rotatable bonds is 3. The van der Waals surface area contributed by atoms with Gasteiger partial charge in [0.15, 0.2) is 0 Å². The summed E-state index contributed by atoms with van der Waals surface area (Å²) in [4.78, 5) is 0. The van der Waals surface area contributed by atoms with Crippen molar-refractivity contribution >= 4 is 18.6 Å². The third-order valence-corrected chi connectivity index (χ3v) is 1.09. The lowest BCUT2D eigenvalue weighted by atomic mass is 10.3. The average molecular weight is 163 g/mol. The lowest BCUT2D eigenvalue weighted by molar-refractivity contribution is 1.09. The second-order valence-corrected chi connectivity index (χ2v) is 1.92. The topological polar surface area (TPSA) is 79.4 Å². The maximum absolute atomic E-state index is 4.96. The fourth-order valence-corrected chi connectivity index (χ4v) is 0.622. The molecular formula is C7H9N5. The molecule has 0 saturated carbocycles. The van der Waals surface area contributed by atoms with E-state index in [9.17, 15) is 0 Å². The third kappa shape index (κ3) is 2.78. The monoisotopic (exact) mass is 163 g/mol. The Labute approximate surface area is 69.7 Å². The van der Waals surface area contributed by atoms with Crippen molar-refractivity contribution in [3.63, 3.8) is 0 Å². The van der Waals surface area contributed by atoms with E-state index in [1.165, 1.54) is 6.21 Å². The summed E-state index contributed by atoms with van der Waals surface area (Å²) in [6.07, 6.45) is 9.74. The van der Waals surface area contributed by atoms with Crippen LogP contribution in [0.5, 0.6) is 0 Å². The molecule has 0 aliphatic rings. The summed E-state index contributed by atoms with van der Waals surface area (Å²) in [6, 6.07) is 0. The van der Waals surface area contributed by atoms with Crippen molar-refractivity contribution < 1.29 is 0 Å². The predicted molar refractivity (Wildman–Crippen MR) is 48.8 cm³/mol. The Bertz CT molecular complexity index is 283. The number of hydrogen-bond acceptors (Lipinski definition) is 3. The molecule has 0 atom stereocenters. The van der Waals surface area contributed by atoms with Crippen LogP contribution >= 0.6 is 0 Å². The second kappa shape index (κ2) is 4.84. The second-order valence-electron chi connectivity index (χ2n) is 1.92. The molecule has 1 heterocycles. The molecular weight excluding hydrogens is 154 g/mol. The van der Waals surface area contributed by atoms with E-state index in [4.69, 9.17) is 5.73 Å².